The van der Waals surface area contributed by atoms with Crippen LogP contribution in [0.25, 0.3) is 0 Å². The van der Waals surface area contributed by atoms with Crippen LogP contribution in [0.4, 0.5) is 0 Å². The molecule has 0 saturated heterocycles. The van der Waals surface area contributed by atoms with Gasteiger partial charge in [-0.25, -0.2) is 0 Å². The zero-order chi connectivity index (χ0) is 10.7. The molecule has 3 nitrogen and oxygen atoms in total. The molecule has 0 fully saturated rings. The van der Waals surface area contributed by atoms with Gasteiger partial charge >= 0.3 is 0 Å². The topological polar surface area (TPSA) is 30.5 Å². The van der Waals surface area contributed by atoms with E-state index in [-0.39, 0.29) is 0 Å². The number of nitrogens with one attached hydrogen (secondary N) is 1. The van der Waals surface area contributed by atoms with E-state index < -0.39 is 0 Å². The Morgan fingerprint density at radius 2 is 2.20 bits per heavy atom. The van der Waals surface area contributed by atoms with Crippen LogP contribution in [0.3, 0.4) is 0 Å². The number of fused-ring (bicyclic) bond motifs is 1. The molecule has 3 heteroatoms. The molecule has 1 aliphatic heterocycles. The van der Waals surface area contributed by atoms with Crippen LogP contribution in [-0.4, -0.2) is 6.79 Å². The third-order valence-corrected chi connectivity index (χ3v) is 2.41. The first-order valence-corrected chi connectivity index (χ1v) is 5.09. The van der Waals surface area contributed by atoms with Crippen LogP contribution in [0.1, 0.15) is 18.9 Å². The van der Waals surface area contributed by atoms with Gasteiger partial charge < -0.3 is 14.8 Å². The predicted molar refractivity (Wildman–Crippen MR) is 58.8 cm³/mol. The largest absolute Gasteiger partial charge is 0.454 e. The Bertz CT molecular complexity index is 374. The van der Waals surface area contributed by atoms with Crippen molar-refractivity contribution in [3.05, 3.63) is 36.0 Å². The van der Waals surface area contributed by atoms with Crippen molar-refractivity contribution in [3.63, 3.8) is 0 Å². The molecular weight excluding hydrogens is 190 g/mol. The Kier molecular flexibility index (Phi) is 2.81. The highest BCUT2D eigenvalue weighted by Crippen LogP contribution is 2.32. The van der Waals surface area contributed by atoms with Gasteiger partial charge in [-0.2, -0.15) is 0 Å². The highest BCUT2D eigenvalue weighted by Gasteiger charge is 2.12. The molecule has 0 amide bonds. The van der Waals surface area contributed by atoms with E-state index in [1.165, 1.54) is 5.56 Å². The number of allylic oxidation sites excluding steroid dienone is 1. The number of benzene rings is 1. The van der Waals surface area contributed by atoms with E-state index in [1.54, 1.807) is 0 Å². The fourth-order valence-corrected chi connectivity index (χ4v) is 1.40. The molecule has 1 N–H and O–H groups in total. The molecule has 1 aliphatic rings. The lowest BCUT2D eigenvalue weighted by atomic mass is 10.2. The fraction of sp³-hybridized carbons (Fsp3) is 0.333. The molecule has 1 aromatic rings. The minimum Gasteiger partial charge on any atom is -0.454 e. The Morgan fingerprint density at radius 1 is 1.40 bits per heavy atom. The van der Waals surface area contributed by atoms with Gasteiger partial charge in [0.1, 0.15) is 0 Å². The number of ether oxygens (including phenoxy) is 2. The standard InChI is InChI=1S/C12H15NO2/c1-3-9(2)13-7-10-4-5-11-12(6-10)15-8-14-11/h4-6,13H,2-3,7-8H2,1H3. The molecule has 2 rings (SSSR count). The lowest BCUT2D eigenvalue weighted by Crippen LogP contribution is -2.10. The van der Waals surface area contributed by atoms with Crippen LogP contribution in [-0.2, 0) is 6.54 Å². The van der Waals surface area contributed by atoms with Crippen molar-refractivity contribution in [1.82, 2.24) is 5.32 Å². The van der Waals surface area contributed by atoms with Crippen molar-refractivity contribution < 1.29 is 9.47 Å². The van der Waals surface area contributed by atoms with Gasteiger partial charge in [0.2, 0.25) is 6.79 Å². The SMILES string of the molecule is C=C(CC)NCc1ccc2c(c1)OCO2. The quantitative estimate of drug-likeness (QED) is 0.818. The van der Waals surface area contributed by atoms with Gasteiger partial charge in [-0.3, -0.25) is 0 Å². The second kappa shape index (κ2) is 4.26. The number of hydrogen-bond donors (Lipinski definition) is 1. The molecule has 0 radical (unpaired) electrons. The molecule has 0 spiro atoms. The molecule has 1 heterocycles. The highest BCUT2D eigenvalue weighted by atomic mass is 16.7. The van der Waals surface area contributed by atoms with E-state index >= 15 is 0 Å². The van der Waals surface area contributed by atoms with Crippen LogP contribution < -0.4 is 14.8 Å². The average molecular weight is 205 g/mol. The van der Waals surface area contributed by atoms with Crippen molar-refractivity contribution in [1.29, 1.82) is 0 Å². The monoisotopic (exact) mass is 205 g/mol. The zero-order valence-electron chi connectivity index (χ0n) is 8.88. The lowest BCUT2D eigenvalue weighted by Gasteiger charge is -2.07. The highest BCUT2D eigenvalue weighted by molar-refractivity contribution is 5.44. The molecule has 0 saturated carbocycles. The zero-order valence-corrected chi connectivity index (χ0v) is 8.88. The van der Waals surface area contributed by atoms with Gasteiger partial charge in [0.05, 0.1) is 0 Å². The van der Waals surface area contributed by atoms with E-state index in [0.29, 0.717) is 6.79 Å². The van der Waals surface area contributed by atoms with Crippen LogP contribution in [0, 0.1) is 0 Å². The first kappa shape index (κ1) is 9.90. The second-order valence-corrected chi connectivity index (χ2v) is 3.50. The van der Waals surface area contributed by atoms with E-state index in [9.17, 15) is 0 Å². The summed E-state index contributed by atoms with van der Waals surface area (Å²) in [4.78, 5) is 0. The Balaban J connectivity index is 2.01. The number of hydrogen-bond acceptors (Lipinski definition) is 3. The summed E-state index contributed by atoms with van der Waals surface area (Å²) >= 11 is 0. The molecular formula is C12H15NO2. The lowest BCUT2D eigenvalue weighted by molar-refractivity contribution is 0.174. The molecule has 0 aliphatic carbocycles. The smallest absolute Gasteiger partial charge is 0.231 e. The van der Waals surface area contributed by atoms with Crippen molar-refractivity contribution in [2.75, 3.05) is 6.79 Å². The van der Waals surface area contributed by atoms with Gasteiger partial charge in [-0.1, -0.05) is 19.6 Å². The fourth-order valence-electron chi connectivity index (χ4n) is 1.40. The molecule has 80 valence electrons. The minimum absolute atomic E-state index is 0.327. The minimum atomic E-state index is 0.327. The van der Waals surface area contributed by atoms with Gasteiger partial charge in [0, 0.05) is 12.2 Å². The van der Waals surface area contributed by atoms with Crippen molar-refractivity contribution in [2.24, 2.45) is 0 Å². The van der Waals surface area contributed by atoms with E-state index in [4.69, 9.17) is 9.47 Å². The third-order valence-electron chi connectivity index (χ3n) is 2.41. The average Bonchev–Trinajstić information content (AvgIpc) is 2.72. The van der Waals surface area contributed by atoms with Gasteiger partial charge in [-0.15, -0.1) is 0 Å². The summed E-state index contributed by atoms with van der Waals surface area (Å²) in [5.74, 6) is 1.66. The molecule has 1 aromatic carbocycles. The summed E-state index contributed by atoms with van der Waals surface area (Å²) in [7, 11) is 0. The maximum Gasteiger partial charge on any atom is 0.231 e. The summed E-state index contributed by atoms with van der Waals surface area (Å²) in [6.07, 6.45) is 0.949. The number of rotatable bonds is 4. The summed E-state index contributed by atoms with van der Waals surface area (Å²) in [6.45, 7) is 7.08. The maximum absolute atomic E-state index is 5.30. The van der Waals surface area contributed by atoms with E-state index in [1.807, 2.05) is 18.2 Å². The molecule has 15 heavy (non-hydrogen) atoms. The van der Waals surface area contributed by atoms with Gasteiger partial charge in [0.15, 0.2) is 11.5 Å². The third kappa shape index (κ3) is 2.24. The Labute approximate surface area is 89.7 Å². The van der Waals surface area contributed by atoms with Crippen LogP contribution in [0.5, 0.6) is 11.5 Å². The summed E-state index contributed by atoms with van der Waals surface area (Å²) in [6, 6.07) is 5.97. The maximum atomic E-state index is 5.30. The molecule has 0 aromatic heterocycles. The first-order valence-electron chi connectivity index (χ1n) is 5.09. The molecule has 0 bridgehead atoms. The van der Waals surface area contributed by atoms with Crippen LogP contribution in [0.2, 0.25) is 0 Å². The first-order chi connectivity index (χ1) is 7.29. The summed E-state index contributed by atoms with van der Waals surface area (Å²) < 4.78 is 10.5. The van der Waals surface area contributed by atoms with Crippen molar-refractivity contribution in [3.8, 4) is 11.5 Å². The van der Waals surface area contributed by atoms with E-state index in [2.05, 4.69) is 18.8 Å². The summed E-state index contributed by atoms with van der Waals surface area (Å²) in [5, 5.41) is 3.25. The Hall–Kier alpha value is -1.64. The van der Waals surface area contributed by atoms with Gasteiger partial charge in [0.25, 0.3) is 0 Å². The van der Waals surface area contributed by atoms with Crippen LogP contribution >= 0.6 is 0 Å². The second-order valence-electron chi connectivity index (χ2n) is 3.50. The van der Waals surface area contributed by atoms with Gasteiger partial charge in [-0.05, 0) is 24.1 Å². The Morgan fingerprint density at radius 3 is 3.00 bits per heavy atom. The van der Waals surface area contributed by atoms with E-state index in [0.717, 1.165) is 30.2 Å². The van der Waals surface area contributed by atoms with Crippen molar-refractivity contribution >= 4 is 0 Å². The van der Waals surface area contributed by atoms with Crippen LogP contribution in [0.15, 0.2) is 30.5 Å². The van der Waals surface area contributed by atoms with Crippen molar-refractivity contribution in [2.45, 2.75) is 19.9 Å². The molecule has 0 atom stereocenters. The predicted octanol–water partition coefficient (Wildman–Crippen LogP) is 2.43. The normalized spacial score (nSPS) is 12.6. The summed E-state index contributed by atoms with van der Waals surface area (Å²) in [5.41, 5.74) is 2.22. The molecule has 0 unspecified atom stereocenters.